The van der Waals surface area contributed by atoms with Gasteiger partial charge in [-0.2, -0.15) is 0 Å². The minimum absolute atomic E-state index is 0.390. The monoisotopic (exact) mass is 370 g/mol. The SMILES string of the molecule is COc1ccc(C(Cl)c2c(OC)cccc2OC)cc1Br. The van der Waals surface area contributed by atoms with Crippen LogP contribution in [0.1, 0.15) is 16.5 Å². The number of alkyl halides is 1. The molecular formula is C16H16BrClO3. The van der Waals surface area contributed by atoms with E-state index in [1.165, 1.54) is 0 Å². The number of benzene rings is 2. The fraction of sp³-hybridized carbons (Fsp3) is 0.250. The zero-order valence-corrected chi connectivity index (χ0v) is 14.4. The second kappa shape index (κ2) is 7.05. The second-order valence-electron chi connectivity index (χ2n) is 4.33. The van der Waals surface area contributed by atoms with Crippen LogP contribution in [0.3, 0.4) is 0 Å². The molecule has 2 rings (SSSR count). The summed E-state index contributed by atoms with van der Waals surface area (Å²) >= 11 is 10.1. The van der Waals surface area contributed by atoms with E-state index in [-0.39, 0.29) is 0 Å². The Kier molecular flexibility index (Phi) is 5.37. The van der Waals surface area contributed by atoms with Crippen molar-refractivity contribution in [3.8, 4) is 17.2 Å². The molecule has 0 N–H and O–H groups in total. The van der Waals surface area contributed by atoms with Gasteiger partial charge in [0.05, 0.1) is 36.7 Å². The van der Waals surface area contributed by atoms with Crippen LogP contribution >= 0.6 is 27.5 Å². The first-order valence-corrected chi connectivity index (χ1v) is 7.53. The van der Waals surface area contributed by atoms with Crippen LogP contribution in [0.5, 0.6) is 17.2 Å². The van der Waals surface area contributed by atoms with E-state index in [1.54, 1.807) is 21.3 Å². The molecule has 0 aliphatic heterocycles. The summed E-state index contributed by atoms with van der Waals surface area (Å²) in [4.78, 5) is 0. The van der Waals surface area contributed by atoms with Crippen LogP contribution < -0.4 is 14.2 Å². The van der Waals surface area contributed by atoms with E-state index in [1.807, 2.05) is 36.4 Å². The summed E-state index contributed by atoms with van der Waals surface area (Å²) in [6.07, 6.45) is 0. The number of ether oxygens (including phenoxy) is 3. The van der Waals surface area contributed by atoms with E-state index < -0.39 is 5.38 Å². The number of rotatable bonds is 5. The maximum atomic E-state index is 6.65. The molecule has 0 saturated heterocycles. The van der Waals surface area contributed by atoms with Gasteiger partial charge in [-0.1, -0.05) is 12.1 Å². The van der Waals surface area contributed by atoms with Crippen molar-refractivity contribution in [2.45, 2.75) is 5.38 Å². The standard InChI is InChI=1S/C16H16BrClO3/c1-19-12-8-7-10(9-11(12)17)16(18)15-13(20-2)5-4-6-14(15)21-3/h4-9,16H,1-3H3. The Morgan fingerprint density at radius 2 is 1.48 bits per heavy atom. The van der Waals surface area contributed by atoms with Crippen LogP contribution in [-0.2, 0) is 0 Å². The highest BCUT2D eigenvalue weighted by molar-refractivity contribution is 9.10. The topological polar surface area (TPSA) is 27.7 Å². The molecule has 0 heterocycles. The lowest BCUT2D eigenvalue weighted by Gasteiger charge is -2.18. The summed E-state index contributed by atoms with van der Waals surface area (Å²) in [6.45, 7) is 0. The Morgan fingerprint density at radius 3 is 1.95 bits per heavy atom. The van der Waals surface area contributed by atoms with Crippen LogP contribution in [0, 0.1) is 0 Å². The van der Waals surface area contributed by atoms with Crippen molar-refractivity contribution in [1.82, 2.24) is 0 Å². The van der Waals surface area contributed by atoms with Crippen molar-refractivity contribution < 1.29 is 14.2 Å². The summed E-state index contributed by atoms with van der Waals surface area (Å²) in [6, 6.07) is 11.3. The number of hydrogen-bond donors (Lipinski definition) is 0. The maximum absolute atomic E-state index is 6.65. The molecular weight excluding hydrogens is 356 g/mol. The summed E-state index contributed by atoms with van der Waals surface area (Å²) in [5, 5.41) is -0.390. The summed E-state index contributed by atoms with van der Waals surface area (Å²) in [7, 11) is 4.86. The lowest BCUT2D eigenvalue weighted by atomic mass is 10.0. The molecule has 0 radical (unpaired) electrons. The van der Waals surface area contributed by atoms with Gasteiger partial charge < -0.3 is 14.2 Å². The lowest BCUT2D eigenvalue weighted by molar-refractivity contribution is 0.386. The molecule has 21 heavy (non-hydrogen) atoms. The Labute approximate surface area is 137 Å². The Bertz CT molecular complexity index is 609. The molecule has 3 nitrogen and oxygen atoms in total. The third-order valence-electron chi connectivity index (χ3n) is 3.19. The van der Waals surface area contributed by atoms with E-state index in [2.05, 4.69) is 15.9 Å². The van der Waals surface area contributed by atoms with Crippen molar-refractivity contribution in [1.29, 1.82) is 0 Å². The quantitative estimate of drug-likeness (QED) is 0.706. The van der Waals surface area contributed by atoms with E-state index >= 15 is 0 Å². The second-order valence-corrected chi connectivity index (χ2v) is 5.62. The Hall–Kier alpha value is -1.39. The van der Waals surface area contributed by atoms with Gasteiger partial charge in [-0.3, -0.25) is 0 Å². The Balaban J connectivity index is 2.49. The smallest absolute Gasteiger partial charge is 0.133 e. The van der Waals surface area contributed by atoms with Gasteiger partial charge in [0.25, 0.3) is 0 Å². The molecule has 0 saturated carbocycles. The maximum Gasteiger partial charge on any atom is 0.133 e. The van der Waals surface area contributed by atoms with Crippen molar-refractivity contribution in [2.24, 2.45) is 0 Å². The third kappa shape index (κ3) is 3.27. The third-order valence-corrected chi connectivity index (χ3v) is 4.28. The zero-order chi connectivity index (χ0) is 15.4. The molecule has 0 aliphatic rings. The van der Waals surface area contributed by atoms with Gasteiger partial charge in [-0.15, -0.1) is 11.6 Å². The Morgan fingerprint density at radius 1 is 0.905 bits per heavy atom. The van der Waals surface area contributed by atoms with Gasteiger partial charge in [-0.25, -0.2) is 0 Å². The van der Waals surface area contributed by atoms with Gasteiger partial charge in [0.2, 0.25) is 0 Å². The highest BCUT2D eigenvalue weighted by Crippen LogP contribution is 2.42. The predicted molar refractivity (Wildman–Crippen MR) is 87.9 cm³/mol. The zero-order valence-electron chi connectivity index (χ0n) is 12.0. The van der Waals surface area contributed by atoms with Gasteiger partial charge in [0.15, 0.2) is 0 Å². The predicted octanol–water partition coefficient (Wildman–Crippen LogP) is 4.80. The molecule has 2 aromatic carbocycles. The number of methoxy groups -OCH3 is 3. The van der Waals surface area contributed by atoms with Crippen LogP contribution in [0.4, 0.5) is 0 Å². The number of halogens is 2. The normalized spacial score (nSPS) is 11.9. The van der Waals surface area contributed by atoms with Crippen LogP contribution in [0.15, 0.2) is 40.9 Å². The summed E-state index contributed by atoms with van der Waals surface area (Å²) in [5.41, 5.74) is 1.73. The molecule has 0 fully saturated rings. The average molecular weight is 372 g/mol. The van der Waals surface area contributed by atoms with E-state index in [4.69, 9.17) is 25.8 Å². The van der Waals surface area contributed by atoms with Crippen molar-refractivity contribution in [3.63, 3.8) is 0 Å². The first-order chi connectivity index (χ1) is 10.1. The summed E-state index contributed by atoms with van der Waals surface area (Å²) in [5.74, 6) is 2.15. The first-order valence-electron chi connectivity index (χ1n) is 6.30. The fourth-order valence-corrected chi connectivity index (χ4v) is 3.05. The molecule has 0 bridgehead atoms. The molecule has 0 amide bonds. The largest absolute Gasteiger partial charge is 0.496 e. The van der Waals surface area contributed by atoms with Crippen molar-refractivity contribution in [3.05, 3.63) is 52.0 Å². The van der Waals surface area contributed by atoms with Gasteiger partial charge in [0.1, 0.15) is 17.2 Å². The van der Waals surface area contributed by atoms with Crippen LogP contribution in [0.2, 0.25) is 0 Å². The average Bonchev–Trinajstić information content (AvgIpc) is 2.53. The van der Waals surface area contributed by atoms with Gasteiger partial charge in [-0.05, 0) is 45.8 Å². The van der Waals surface area contributed by atoms with Crippen LogP contribution in [0.25, 0.3) is 0 Å². The van der Waals surface area contributed by atoms with Gasteiger partial charge >= 0.3 is 0 Å². The van der Waals surface area contributed by atoms with Crippen molar-refractivity contribution in [2.75, 3.05) is 21.3 Å². The van der Waals surface area contributed by atoms with E-state index in [0.717, 1.165) is 21.3 Å². The minimum atomic E-state index is -0.390. The van der Waals surface area contributed by atoms with Gasteiger partial charge in [0, 0.05) is 0 Å². The molecule has 1 atom stereocenters. The molecule has 112 valence electrons. The fourth-order valence-electron chi connectivity index (χ4n) is 2.14. The molecule has 0 aromatic heterocycles. The minimum Gasteiger partial charge on any atom is -0.496 e. The van der Waals surface area contributed by atoms with Crippen LogP contribution in [-0.4, -0.2) is 21.3 Å². The van der Waals surface area contributed by atoms with Crippen molar-refractivity contribution >= 4 is 27.5 Å². The molecule has 0 spiro atoms. The summed E-state index contributed by atoms with van der Waals surface area (Å²) < 4.78 is 16.9. The molecule has 5 heteroatoms. The molecule has 1 unspecified atom stereocenters. The highest BCUT2D eigenvalue weighted by atomic mass is 79.9. The lowest BCUT2D eigenvalue weighted by Crippen LogP contribution is -2.01. The number of hydrogen-bond acceptors (Lipinski definition) is 3. The molecule has 0 aliphatic carbocycles. The highest BCUT2D eigenvalue weighted by Gasteiger charge is 2.21. The first kappa shape index (κ1) is 16.0. The van der Waals surface area contributed by atoms with E-state index in [9.17, 15) is 0 Å². The van der Waals surface area contributed by atoms with E-state index in [0.29, 0.717) is 11.5 Å². The molecule has 2 aromatic rings.